The van der Waals surface area contributed by atoms with Crippen molar-refractivity contribution in [1.82, 2.24) is 19.8 Å². The van der Waals surface area contributed by atoms with E-state index in [0.29, 0.717) is 18.7 Å². The quantitative estimate of drug-likeness (QED) is 0.857. The predicted molar refractivity (Wildman–Crippen MR) is 86.3 cm³/mol. The van der Waals surface area contributed by atoms with E-state index in [4.69, 9.17) is 0 Å². The number of halogens is 1. The molecule has 2 N–H and O–H groups in total. The highest BCUT2D eigenvalue weighted by molar-refractivity contribution is 7.88. The van der Waals surface area contributed by atoms with Crippen LogP contribution in [0, 0.1) is 5.82 Å². The third-order valence-corrected chi connectivity index (χ3v) is 5.25. The number of nitrogens with zero attached hydrogens (tertiary/aromatic N) is 2. The Morgan fingerprint density at radius 2 is 2.17 bits per heavy atom. The van der Waals surface area contributed by atoms with Crippen LogP contribution in [0.3, 0.4) is 0 Å². The molecular formula is C15H17FN4O3S. The Morgan fingerprint density at radius 1 is 1.42 bits per heavy atom. The first-order valence-electron chi connectivity index (χ1n) is 7.40. The number of H-pyrrole nitrogens is 1. The summed E-state index contributed by atoms with van der Waals surface area (Å²) in [5, 5.41) is 9.26. The van der Waals surface area contributed by atoms with Gasteiger partial charge < -0.3 is 5.32 Å². The molecule has 0 spiro atoms. The lowest BCUT2D eigenvalue weighted by Crippen LogP contribution is -2.38. The number of benzene rings is 1. The second kappa shape index (κ2) is 6.33. The summed E-state index contributed by atoms with van der Waals surface area (Å²) < 4.78 is 38.3. The molecule has 1 atom stereocenters. The molecule has 1 amide bonds. The summed E-state index contributed by atoms with van der Waals surface area (Å²) in [4.78, 5) is 12.5. The highest BCUT2D eigenvalue weighted by Gasteiger charge is 2.30. The topological polar surface area (TPSA) is 95.2 Å². The summed E-state index contributed by atoms with van der Waals surface area (Å²) in [6, 6.07) is 5.81. The molecule has 1 aliphatic rings. The number of aromatic nitrogens is 2. The zero-order chi connectivity index (χ0) is 17.3. The zero-order valence-electron chi connectivity index (χ0n) is 13.0. The second-order valence-corrected chi connectivity index (χ2v) is 7.70. The van der Waals surface area contributed by atoms with Crippen molar-refractivity contribution >= 4 is 15.9 Å². The van der Waals surface area contributed by atoms with Gasteiger partial charge in [0.1, 0.15) is 5.82 Å². The van der Waals surface area contributed by atoms with E-state index in [1.165, 1.54) is 16.6 Å². The highest BCUT2D eigenvalue weighted by Crippen LogP contribution is 2.24. The van der Waals surface area contributed by atoms with Crippen LogP contribution in [0.5, 0.6) is 0 Å². The molecular weight excluding hydrogens is 335 g/mol. The normalized spacial score (nSPS) is 18.7. The predicted octanol–water partition coefficient (Wildman–Crippen LogP) is 0.979. The first-order chi connectivity index (χ1) is 11.4. The third-order valence-electron chi connectivity index (χ3n) is 3.98. The Morgan fingerprint density at radius 3 is 2.83 bits per heavy atom. The number of sulfonamides is 1. The van der Waals surface area contributed by atoms with Crippen LogP contribution >= 0.6 is 0 Å². The van der Waals surface area contributed by atoms with Crippen molar-refractivity contribution in [3.05, 3.63) is 41.8 Å². The van der Waals surface area contributed by atoms with Crippen LogP contribution in [0.2, 0.25) is 0 Å². The lowest BCUT2D eigenvalue weighted by Gasteiger charge is -2.14. The van der Waals surface area contributed by atoms with Gasteiger partial charge in [-0.1, -0.05) is 12.1 Å². The Labute approximate surface area is 138 Å². The third kappa shape index (κ3) is 3.31. The van der Waals surface area contributed by atoms with Crippen LogP contribution in [0.15, 0.2) is 30.5 Å². The molecule has 0 saturated carbocycles. The molecule has 1 aromatic carbocycles. The number of carbonyl (C=O) groups excluding carboxylic acids is 1. The van der Waals surface area contributed by atoms with Gasteiger partial charge >= 0.3 is 0 Å². The Kier molecular flexibility index (Phi) is 4.37. The molecule has 1 unspecified atom stereocenters. The van der Waals surface area contributed by atoms with Gasteiger partial charge in [-0.25, -0.2) is 17.1 Å². The molecule has 7 nitrogen and oxygen atoms in total. The van der Waals surface area contributed by atoms with Gasteiger partial charge in [0, 0.05) is 24.7 Å². The van der Waals surface area contributed by atoms with Crippen molar-refractivity contribution in [1.29, 1.82) is 0 Å². The second-order valence-electron chi connectivity index (χ2n) is 5.72. The van der Waals surface area contributed by atoms with Crippen LogP contribution < -0.4 is 5.32 Å². The zero-order valence-corrected chi connectivity index (χ0v) is 13.8. The lowest BCUT2D eigenvalue weighted by molar-refractivity contribution is 0.0939. The Bertz CT molecular complexity index is 865. The van der Waals surface area contributed by atoms with E-state index in [9.17, 15) is 17.6 Å². The summed E-state index contributed by atoms with van der Waals surface area (Å²) in [5.74, 6) is -0.873. The number of carbonyl (C=O) groups is 1. The first-order valence-corrected chi connectivity index (χ1v) is 9.25. The molecule has 24 heavy (non-hydrogen) atoms. The fourth-order valence-corrected chi connectivity index (χ4v) is 3.63. The molecule has 1 saturated heterocycles. The molecule has 9 heteroatoms. The average Bonchev–Trinajstić information content (AvgIpc) is 3.16. The minimum atomic E-state index is -3.27. The van der Waals surface area contributed by atoms with Crippen LogP contribution in [-0.2, 0) is 10.0 Å². The van der Waals surface area contributed by atoms with E-state index in [1.54, 1.807) is 18.2 Å². The summed E-state index contributed by atoms with van der Waals surface area (Å²) in [5.41, 5.74) is 0.769. The van der Waals surface area contributed by atoms with Crippen molar-refractivity contribution in [3.8, 4) is 11.3 Å². The molecule has 0 aliphatic carbocycles. The van der Waals surface area contributed by atoms with Gasteiger partial charge in [-0.3, -0.25) is 9.89 Å². The van der Waals surface area contributed by atoms with Crippen LogP contribution in [0.4, 0.5) is 4.39 Å². The Hall–Kier alpha value is -2.26. The molecule has 1 aliphatic heterocycles. The monoisotopic (exact) mass is 352 g/mol. The number of rotatable bonds is 4. The van der Waals surface area contributed by atoms with E-state index in [1.807, 2.05) is 0 Å². The molecule has 0 radical (unpaired) electrons. The Balaban J connectivity index is 1.76. The number of amides is 1. The number of aromatic amines is 1. The maximum absolute atomic E-state index is 13.9. The van der Waals surface area contributed by atoms with E-state index in [-0.39, 0.29) is 23.7 Å². The molecule has 2 heterocycles. The average molecular weight is 352 g/mol. The minimum Gasteiger partial charge on any atom is -0.348 e. The molecule has 128 valence electrons. The smallest absolute Gasteiger partial charge is 0.255 e. The van der Waals surface area contributed by atoms with Crippen LogP contribution in [0.25, 0.3) is 11.3 Å². The van der Waals surface area contributed by atoms with Crippen LogP contribution in [-0.4, -0.2) is 54.2 Å². The van der Waals surface area contributed by atoms with Gasteiger partial charge in [-0.05, 0) is 18.6 Å². The van der Waals surface area contributed by atoms with Crippen molar-refractivity contribution in [2.75, 3.05) is 19.3 Å². The van der Waals surface area contributed by atoms with Gasteiger partial charge in [0.15, 0.2) is 0 Å². The van der Waals surface area contributed by atoms with Gasteiger partial charge in [0.05, 0.1) is 23.7 Å². The number of hydrogen-bond acceptors (Lipinski definition) is 4. The largest absolute Gasteiger partial charge is 0.348 e. The molecule has 3 rings (SSSR count). The van der Waals surface area contributed by atoms with Crippen molar-refractivity contribution in [3.63, 3.8) is 0 Å². The van der Waals surface area contributed by atoms with Crippen LogP contribution in [0.1, 0.15) is 16.8 Å². The fourth-order valence-electron chi connectivity index (χ4n) is 2.74. The first kappa shape index (κ1) is 16.6. The lowest BCUT2D eigenvalue weighted by atomic mass is 10.1. The van der Waals surface area contributed by atoms with Gasteiger partial charge in [0.2, 0.25) is 10.0 Å². The number of nitrogens with one attached hydrogen (secondary N) is 2. The van der Waals surface area contributed by atoms with E-state index >= 15 is 0 Å². The van der Waals surface area contributed by atoms with Gasteiger partial charge in [-0.15, -0.1) is 0 Å². The van der Waals surface area contributed by atoms with E-state index in [2.05, 4.69) is 15.5 Å². The van der Waals surface area contributed by atoms with E-state index < -0.39 is 21.7 Å². The summed E-state index contributed by atoms with van der Waals surface area (Å²) in [7, 11) is -3.27. The van der Waals surface area contributed by atoms with Gasteiger partial charge in [0.25, 0.3) is 5.91 Å². The summed E-state index contributed by atoms with van der Waals surface area (Å²) in [6.07, 6.45) is 3.01. The van der Waals surface area contributed by atoms with Crippen molar-refractivity contribution in [2.24, 2.45) is 0 Å². The maximum Gasteiger partial charge on any atom is 0.255 e. The fraction of sp³-hybridized carbons (Fsp3) is 0.333. The standard InChI is InChI=1S/C15H17FN4O3S/c1-24(22,23)20-7-6-10(9-20)18-15(21)12-8-17-19-14(12)11-4-2-3-5-13(11)16/h2-5,8,10H,6-7,9H2,1H3,(H,17,19)(H,18,21). The molecule has 2 aromatic rings. The highest BCUT2D eigenvalue weighted by atomic mass is 32.2. The molecule has 1 aromatic heterocycles. The molecule has 0 bridgehead atoms. The maximum atomic E-state index is 13.9. The SMILES string of the molecule is CS(=O)(=O)N1CCC(NC(=O)c2cn[nH]c2-c2ccccc2F)C1. The van der Waals surface area contributed by atoms with Crippen molar-refractivity contribution < 1.29 is 17.6 Å². The summed E-state index contributed by atoms with van der Waals surface area (Å²) in [6.45, 7) is 0.604. The van der Waals surface area contributed by atoms with E-state index in [0.717, 1.165) is 6.26 Å². The van der Waals surface area contributed by atoms with Gasteiger partial charge in [-0.2, -0.15) is 5.10 Å². The molecule has 1 fully saturated rings. The summed E-state index contributed by atoms with van der Waals surface area (Å²) >= 11 is 0. The number of hydrogen-bond donors (Lipinski definition) is 2. The minimum absolute atomic E-state index is 0.220. The van der Waals surface area contributed by atoms with Crippen molar-refractivity contribution in [2.45, 2.75) is 12.5 Å².